The second kappa shape index (κ2) is 9.54. The standard InChI is InChI=1S/C22H28ClN3O2S2/c1-26(30(2,27)28)20-7-5-6-19(16-20)24-21(29)25-22(13-3-4-14-22)15-12-17-8-10-18(23)11-9-17/h5-11,16H,3-4,12-15H2,1-2H3,(H2,24,25,29). The third-order valence-electron chi connectivity index (χ3n) is 5.71. The van der Waals surface area contributed by atoms with Gasteiger partial charge in [-0.15, -0.1) is 0 Å². The molecule has 0 bridgehead atoms. The van der Waals surface area contributed by atoms with E-state index in [1.807, 2.05) is 24.3 Å². The zero-order chi connectivity index (χ0) is 21.8. The summed E-state index contributed by atoms with van der Waals surface area (Å²) in [4.78, 5) is 0. The van der Waals surface area contributed by atoms with Crippen molar-refractivity contribution in [1.82, 2.24) is 5.32 Å². The van der Waals surface area contributed by atoms with Crippen LogP contribution < -0.4 is 14.9 Å². The van der Waals surface area contributed by atoms with Gasteiger partial charge >= 0.3 is 0 Å². The molecule has 2 aromatic rings. The SMILES string of the molecule is CN(c1cccc(NC(=S)NC2(CCc3ccc(Cl)cc3)CCCC2)c1)S(C)(=O)=O. The maximum Gasteiger partial charge on any atom is 0.231 e. The Morgan fingerprint density at radius 2 is 1.83 bits per heavy atom. The van der Waals surface area contributed by atoms with Crippen molar-refractivity contribution in [3.63, 3.8) is 0 Å². The summed E-state index contributed by atoms with van der Waals surface area (Å²) in [5.74, 6) is 0. The van der Waals surface area contributed by atoms with E-state index in [1.165, 1.54) is 36.0 Å². The molecule has 3 rings (SSSR count). The van der Waals surface area contributed by atoms with Gasteiger partial charge in [-0.1, -0.05) is 42.6 Å². The first-order valence-corrected chi connectivity index (χ1v) is 12.7. The molecule has 1 aliphatic rings. The Kier molecular flexibility index (Phi) is 7.26. The highest BCUT2D eigenvalue weighted by atomic mass is 35.5. The summed E-state index contributed by atoms with van der Waals surface area (Å²) < 4.78 is 24.9. The summed E-state index contributed by atoms with van der Waals surface area (Å²) in [7, 11) is -1.78. The first kappa shape index (κ1) is 22.8. The summed E-state index contributed by atoms with van der Waals surface area (Å²) in [5, 5.41) is 8.10. The van der Waals surface area contributed by atoms with Crippen LogP contribution in [0.5, 0.6) is 0 Å². The van der Waals surface area contributed by atoms with E-state index >= 15 is 0 Å². The molecule has 30 heavy (non-hydrogen) atoms. The molecule has 0 aromatic heterocycles. The summed E-state index contributed by atoms with van der Waals surface area (Å²) in [6.07, 6.45) is 7.67. The minimum absolute atomic E-state index is 0.0229. The molecule has 1 aliphatic carbocycles. The topological polar surface area (TPSA) is 61.4 Å². The quantitative estimate of drug-likeness (QED) is 0.565. The van der Waals surface area contributed by atoms with Gasteiger partial charge in [0.05, 0.1) is 11.9 Å². The lowest BCUT2D eigenvalue weighted by atomic mass is 9.89. The summed E-state index contributed by atoms with van der Waals surface area (Å²) in [6, 6.07) is 15.2. The van der Waals surface area contributed by atoms with Crippen molar-refractivity contribution in [2.45, 2.75) is 44.1 Å². The average molecular weight is 466 g/mol. The van der Waals surface area contributed by atoms with Gasteiger partial charge < -0.3 is 10.6 Å². The molecule has 2 N–H and O–H groups in total. The predicted octanol–water partition coefficient (Wildman–Crippen LogP) is 4.97. The van der Waals surface area contributed by atoms with Crippen LogP contribution in [0.25, 0.3) is 0 Å². The van der Waals surface area contributed by atoms with Crippen LogP contribution in [-0.4, -0.2) is 32.4 Å². The van der Waals surface area contributed by atoms with Crippen LogP contribution in [0.2, 0.25) is 5.02 Å². The van der Waals surface area contributed by atoms with Crippen molar-refractivity contribution < 1.29 is 8.42 Å². The normalized spacial score (nSPS) is 15.6. The molecule has 0 saturated heterocycles. The number of aryl methyl sites for hydroxylation is 1. The first-order chi connectivity index (χ1) is 14.2. The number of hydrogen-bond acceptors (Lipinski definition) is 3. The minimum atomic E-state index is -3.32. The maximum atomic E-state index is 11.8. The molecule has 0 amide bonds. The number of anilines is 2. The van der Waals surface area contributed by atoms with E-state index in [4.69, 9.17) is 23.8 Å². The Labute approximate surface area is 189 Å². The van der Waals surface area contributed by atoms with E-state index in [9.17, 15) is 8.42 Å². The average Bonchev–Trinajstić information content (AvgIpc) is 3.15. The van der Waals surface area contributed by atoms with Crippen LogP contribution in [0.4, 0.5) is 11.4 Å². The third-order valence-corrected chi connectivity index (χ3v) is 7.37. The molecule has 0 spiro atoms. The van der Waals surface area contributed by atoms with Gasteiger partial charge in [-0.2, -0.15) is 0 Å². The third kappa shape index (κ3) is 6.09. The Bertz CT molecular complexity index is 988. The highest BCUT2D eigenvalue weighted by Crippen LogP contribution is 2.34. The van der Waals surface area contributed by atoms with Crippen molar-refractivity contribution in [2.75, 3.05) is 22.9 Å². The van der Waals surface area contributed by atoms with Gasteiger partial charge in [0.15, 0.2) is 5.11 Å². The van der Waals surface area contributed by atoms with E-state index < -0.39 is 10.0 Å². The Morgan fingerprint density at radius 3 is 2.47 bits per heavy atom. The molecule has 162 valence electrons. The first-order valence-electron chi connectivity index (χ1n) is 10.0. The van der Waals surface area contributed by atoms with E-state index in [1.54, 1.807) is 12.1 Å². The van der Waals surface area contributed by atoms with E-state index in [0.717, 1.165) is 36.4 Å². The zero-order valence-electron chi connectivity index (χ0n) is 17.3. The monoisotopic (exact) mass is 465 g/mol. The van der Waals surface area contributed by atoms with Crippen LogP contribution in [0.15, 0.2) is 48.5 Å². The number of nitrogens with zero attached hydrogens (tertiary/aromatic N) is 1. The number of benzene rings is 2. The second-order valence-electron chi connectivity index (χ2n) is 7.97. The van der Waals surface area contributed by atoms with Gasteiger partial charge in [-0.3, -0.25) is 4.31 Å². The van der Waals surface area contributed by atoms with E-state index in [2.05, 4.69) is 22.8 Å². The molecule has 1 saturated carbocycles. The number of thiocarbonyl (C=S) groups is 1. The minimum Gasteiger partial charge on any atom is -0.357 e. The molecule has 0 unspecified atom stereocenters. The molecule has 8 heteroatoms. The summed E-state index contributed by atoms with van der Waals surface area (Å²) in [5.41, 5.74) is 2.59. The molecule has 1 fully saturated rings. The maximum absolute atomic E-state index is 11.8. The Morgan fingerprint density at radius 1 is 1.17 bits per heavy atom. The van der Waals surface area contributed by atoms with Gasteiger partial charge in [0.2, 0.25) is 10.0 Å². The lowest BCUT2D eigenvalue weighted by molar-refractivity contribution is 0.362. The fraction of sp³-hybridized carbons (Fsp3) is 0.409. The fourth-order valence-electron chi connectivity index (χ4n) is 3.90. The van der Waals surface area contributed by atoms with Crippen molar-refractivity contribution in [3.8, 4) is 0 Å². The molecule has 2 aromatic carbocycles. The highest BCUT2D eigenvalue weighted by molar-refractivity contribution is 7.92. The van der Waals surface area contributed by atoms with Crippen molar-refractivity contribution in [1.29, 1.82) is 0 Å². The predicted molar refractivity (Wildman–Crippen MR) is 130 cm³/mol. The van der Waals surface area contributed by atoms with Gasteiger partial charge in [-0.05, 0) is 73.8 Å². The van der Waals surface area contributed by atoms with Crippen LogP contribution in [0.1, 0.15) is 37.7 Å². The van der Waals surface area contributed by atoms with Gasteiger partial charge in [-0.25, -0.2) is 8.42 Å². The number of rotatable bonds is 7. The van der Waals surface area contributed by atoms with Crippen LogP contribution >= 0.6 is 23.8 Å². The molecular weight excluding hydrogens is 438 g/mol. The van der Waals surface area contributed by atoms with Crippen LogP contribution in [0, 0.1) is 0 Å². The molecular formula is C22H28ClN3O2S2. The largest absolute Gasteiger partial charge is 0.357 e. The smallest absolute Gasteiger partial charge is 0.231 e. The number of halogens is 1. The van der Waals surface area contributed by atoms with Crippen LogP contribution in [0.3, 0.4) is 0 Å². The number of nitrogens with one attached hydrogen (secondary N) is 2. The molecule has 0 atom stereocenters. The van der Waals surface area contributed by atoms with Gasteiger partial charge in [0.1, 0.15) is 0 Å². The van der Waals surface area contributed by atoms with Crippen molar-refractivity contribution in [3.05, 3.63) is 59.1 Å². The van der Waals surface area contributed by atoms with E-state index in [0.29, 0.717) is 10.8 Å². The van der Waals surface area contributed by atoms with Crippen molar-refractivity contribution >= 4 is 50.3 Å². The Balaban J connectivity index is 1.65. The molecule has 0 aliphatic heterocycles. The highest BCUT2D eigenvalue weighted by Gasteiger charge is 2.34. The van der Waals surface area contributed by atoms with E-state index in [-0.39, 0.29) is 5.54 Å². The lowest BCUT2D eigenvalue weighted by Crippen LogP contribution is -2.48. The van der Waals surface area contributed by atoms with Gasteiger partial charge in [0, 0.05) is 23.3 Å². The molecule has 5 nitrogen and oxygen atoms in total. The summed E-state index contributed by atoms with van der Waals surface area (Å²) >= 11 is 11.6. The number of sulfonamides is 1. The van der Waals surface area contributed by atoms with Gasteiger partial charge in [0.25, 0.3) is 0 Å². The van der Waals surface area contributed by atoms with Crippen LogP contribution in [-0.2, 0) is 16.4 Å². The summed E-state index contributed by atoms with van der Waals surface area (Å²) in [6.45, 7) is 0. The molecule has 0 radical (unpaired) electrons. The molecule has 0 heterocycles. The lowest BCUT2D eigenvalue weighted by Gasteiger charge is -2.32. The van der Waals surface area contributed by atoms with Crippen molar-refractivity contribution in [2.24, 2.45) is 0 Å². The number of hydrogen-bond donors (Lipinski definition) is 2. The zero-order valence-corrected chi connectivity index (χ0v) is 19.7. The Hall–Kier alpha value is -1.83. The fourth-order valence-corrected chi connectivity index (χ4v) is 4.86. The second-order valence-corrected chi connectivity index (χ2v) is 10.8.